The maximum atomic E-state index is 12.0. The zero-order valence-corrected chi connectivity index (χ0v) is 12.3. The summed E-state index contributed by atoms with van der Waals surface area (Å²) in [5.41, 5.74) is 1.09. The van der Waals surface area contributed by atoms with Crippen LogP contribution in [0.15, 0.2) is 10.6 Å². The minimum Gasteiger partial charge on any atom is -0.455 e. The topological polar surface area (TPSA) is 83.0 Å². The van der Waals surface area contributed by atoms with Crippen LogP contribution in [0.3, 0.4) is 0 Å². The number of aromatic nitrogens is 4. The second kappa shape index (κ2) is 5.07. The molecule has 20 heavy (non-hydrogen) atoms. The molecule has 0 amide bonds. The van der Waals surface area contributed by atoms with Crippen molar-refractivity contribution >= 4 is 5.97 Å². The Kier molecular flexibility index (Phi) is 3.61. The zero-order chi connectivity index (χ0) is 14.9. The average Bonchev–Trinajstić information content (AvgIpc) is 2.85. The molecule has 2 heterocycles. The van der Waals surface area contributed by atoms with E-state index in [-0.39, 0.29) is 5.69 Å². The maximum Gasteiger partial charge on any atom is 0.361 e. The molecule has 0 aliphatic carbocycles. The Hall–Kier alpha value is -2.18. The first kappa shape index (κ1) is 14.2. The molecule has 7 heteroatoms. The van der Waals surface area contributed by atoms with Crippen LogP contribution in [0.1, 0.15) is 48.4 Å². The standard InChI is InChI=1S/C13H18N4O3/c1-8-6-10(20-15-8)7-17-9(2)11(14-16-17)12(18)19-13(3,4)5/h6H,7H2,1-5H3. The van der Waals surface area contributed by atoms with E-state index < -0.39 is 11.6 Å². The van der Waals surface area contributed by atoms with Gasteiger partial charge in [0.05, 0.1) is 11.4 Å². The Balaban J connectivity index is 2.16. The van der Waals surface area contributed by atoms with Crippen molar-refractivity contribution in [1.82, 2.24) is 20.2 Å². The van der Waals surface area contributed by atoms with Crippen LogP contribution in [0, 0.1) is 13.8 Å². The summed E-state index contributed by atoms with van der Waals surface area (Å²) in [4.78, 5) is 12.0. The molecule has 0 bridgehead atoms. The van der Waals surface area contributed by atoms with Gasteiger partial charge in [-0.1, -0.05) is 10.4 Å². The molecule has 2 rings (SSSR count). The van der Waals surface area contributed by atoms with Crippen molar-refractivity contribution in [2.75, 3.05) is 0 Å². The van der Waals surface area contributed by atoms with Crippen LogP contribution in [-0.2, 0) is 11.3 Å². The van der Waals surface area contributed by atoms with Gasteiger partial charge < -0.3 is 9.26 Å². The van der Waals surface area contributed by atoms with E-state index in [4.69, 9.17) is 9.26 Å². The molecule has 0 atom stereocenters. The summed E-state index contributed by atoms with van der Waals surface area (Å²) in [6.45, 7) is 9.41. The van der Waals surface area contributed by atoms with Crippen molar-refractivity contribution in [2.45, 2.75) is 46.8 Å². The van der Waals surface area contributed by atoms with Gasteiger partial charge in [0.15, 0.2) is 11.5 Å². The van der Waals surface area contributed by atoms with Crippen molar-refractivity contribution in [2.24, 2.45) is 0 Å². The van der Waals surface area contributed by atoms with Crippen LogP contribution in [0.4, 0.5) is 0 Å². The van der Waals surface area contributed by atoms with Gasteiger partial charge in [0, 0.05) is 6.07 Å². The molecule has 2 aromatic rings. The number of carbonyl (C=O) groups is 1. The Morgan fingerprint density at radius 3 is 2.65 bits per heavy atom. The largest absolute Gasteiger partial charge is 0.455 e. The molecule has 0 fully saturated rings. The summed E-state index contributed by atoms with van der Waals surface area (Å²) in [7, 11) is 0. The number of hydrogen-bond donors (Lipinski definition) is 0. The van der Waals surface area contributed by atoms with Gasteiger partial charge in [0.25, 0.3) is 0 Å². The number of ether oxygens (including phenoxy) is 1. The van der Waals surface area contributed by atoms with Gasteiger partial charge in [0.2, 0.25) is 0 Å². The molecule has 0 saturated carbocycles. The first-order chi connectivity index (χ1) is 9.26. The maximum absolute atomic E-state index is 12.0. The highest BCUT2D eigenvalue weighted by molar-refractivity contribution is 5.88. The van der Waals surface area contributed by atoms with Crippen molar-refractivity contribution in [1.29, 1.82) is 0 Å². The summed E-state index contributed by atoms with van der Waals surface area (Å²) in [6.07, 6.45) is 0. The second-order valence-corrected chi connectivity index (χ2v) is 5.62. The first-order valence-electron chi connectivity index (χ1n) is 6.32. The molecule has 0 N–H and O–H groups in total. The molecule has 108 valence electrons. The lowest BCUT2D eigenvalue weighted by atomic mass is 10.2. The number of hydrogen-bond acceptors (Lipinski definition) is 6. The smallest absolute Gasteiger partial charge is 0.361 e. The fourth-order valence-corrected chi connectivity index (χ4v) is 1.66. The summed E-state index contributed by atoms with van der Waals surface area (Å²) >= 11 is 0. The SMILES string of the molecule is Cc1cc(Cn2nnc(C(=O)OC(C)(C)C)c2C)on1. The van der Waals surface area contributed by atoms with E-state index in [0.29, 0.717) is 18.0 Å². The summed E-state index contributed by atoms with van der Waals surface area (Å²) in [6, 6.07) is 1.81. The summed E-state index contributed by atoms with van der Waals surface area (Å²) in [5.74, 6) is 0.182. The van der Waals surface area contributed by atoms with Crippen molar-refractivity contribution < 1.29 is 14.1 Å². The lowest BCUT2D eigenvalue weighted by Crippen LogP contribution is -2.24. The Morgan fingerprint density at radius 2 is 2.10 bits per heavy atom. The van der Waals surface area contributed by atoms with E-state index in [9.17, 15) is 4.79 Å². The number of rotatable bonds is 3. The molecule has 0 aliphatic rings. The van der Waals surface area contributed by atoms with Crippen molar-refractivity contribution in [3.8, 4) is 0 Å². The van der Waals surface area contributed by atoms with Gasteiger partial charge >= 0.3 is 5.97 Å². The van der Waals surface area contributed by atoms with E-state index >= 15 is 0 Å². The number of nitrogens with zero attached hydrogens (tertiary/aromatic N) is 4. The predicted octanol–water partition coefficient (Wildman–Crippen LogP) is 1.89. The molecule has 0 spiro atoms. The third-order valence-corrected chi connectivity index (χ3v) is 2.56. The van der Waals surface area contributed by atoms with Gasteiger partial charge in [-0.3, -0.25) is 0 Å². The Labute approximate surface area is 116 Å². The van der Waals surface area contributed by atoms with Gasteiger partial charge in [-0.2, -0.15) is 0 Å². The van der Waals surface area contributed by atoms with E-state index in [2.05, 4.69) is 15.5 Å². The van der Waals surface area contributed by atoms with E-state index in [0.717, 1.165) is 5.69 Å². The van der Waals surface area contributed by atoms with Gasteiger partial charge in [-0.25, -0.2) is 9.48 Å². The quantitative estimate of drug-likeness (QED) is 0.797. The summed E-state index contributed by atoms with van der Waals surface area (Å²) < 4.78 is 12.0. The highest BCUT2D eigenvalue weighted by Crippen LogP contribution is 2.14. The molecule has 0 radical (unpaired) electrons. The molecule has 2 aromatic heterocycles. The Bertz CT molecular complexity index is 622. The van der Waals surface area contributed by atoms with Crippen LogP contribution in [0.5, 0.6) is 0 Å². The molecule has 7 nitrogen and oxygen atoms in total. The van der Waals surface area contributed by atoms with E-state index in [1.807, 2.05) is 33.8 Å². The number of aryl methyl sites for hydroxylation is 1. The molecule has 0 unspecified atom stereocenters. The van der Waals surface area contributed by atoms with Gasteiger partial charge in [0.1, 0.15) is 12.1 Å². The third kappa shape index (κ3) is 3.23. The van der Waals surface area contributed by atoms with Crippen LogP contribution >= 0.6 is 0 Å². The lowest BCUT2D eigenvalue weighted by Gasteiger charge is -2.18. The molecular formula is C13H18N4O3. The monoisotopic (exact) mass is 278 g/mol. The molecule has 0 aliphatic heterocycles. The third-order valence-electron chi connectivity index (χ3n) is 2.56. The average molecular weight is 278 g/mol. The second-order valence-electron chi connectivity index (χ2n) is 5.62. The zero-order valence-electron chi connectivity index (χ0n) is 12.3. The van der Waals surface area contributed by atoms with Crippen molar-refractivity contribution in [3.05, 3.63) is 28.9 Å². The lowest BCUT2D eigenvalue weighted by molar-refractivity contribution is 0.00618. The Morgan fingerprint density at radius 1 is 1.40 bits per heavy atom. The van der Waals surface area contributed by atoms with Gasteiger partial charge in [-0.05, 0) is 34.6 Å². The predicted molar refractivity (Wildman–Crippen MR) is 70.3 cm³/mol. The fraction of sp³-hybridized carbons (Fsp3) is 0.538. The minimum absolute atomic E-state index is 0.219. The van der Waals surface area contributed by atoms with Crippen molar-refractivity contribution in [3.63, 3.8) is 0 Å². The molecule has 0 aromatic carbocycles. The summed E-state index contributed by atoms with van der Waals surface area (Å²) in [5, 5.41) is 11.6. The van der Waals surface area contributed by atoms with E-state index in [1.54, 1.807) is 11.6 Å². The van der Waals surface area contributed by atoms with Crippen LogP contribution in [-0.4, -0.2) is 31.7 Å². The first-order valence-corrected chi connectivity index (χ1v) is 6.32. The fourth-order valence-electron chi connectivity index (χ4n) is 1.66. The van der Waals surface area contributed by atoms with Crippen LogP contribution in [0.25, 0.3) is 0 Å². The van der Waals surface area contributed by atoms with Crippen LogP contribution < -0.4 is 0 Å². The minimum atomic E-state index is -0.560. The van der Waals surface area contributed by atoms with Crippen LogP contribution in [0.2, 0.25) is 0 Å². The van der Waals surface area contributed by atoms with Gasteiger partial charge in [-0.15, -0.1) is 5.10 Å². The number of esters is 1. The molecule has 0 saturated heterocycles. The van der Waals surface area contributed by atoms with E-state index in [1.165, 1.54) is 0 Å². The molecular weight excluding hydrogens is 260 g/mol. The highest BCUT2D eigenvalue weighted by atomic mass is 16.6. The number of carbonyl (C=O) groups excluding carboxylic acids is 1. The highest BCUT2D eigenvalue weighted by Gasteiger charge is 2.23. The normalized spacial score (nSPS) is 11.7.